The predicted molar refractivity (Wildman–Crippen MR) is 79.4 cm³/mol. The molecular formula is C16H13N3O. The van der Waals surface area contributed by atoms with E-state index in [0.29, 0.717) is 17.0 Å². The van der Waals surface area contributed by atoms with E-state index in [-0.39, 0.29) is 5.78 Å². The molecular weight excluding hydrogens is 250 g/mol. The first-order valence-corrected chi connectivity index (χ1v) is 6.28. The van der Waals surface area contributed by atoms with Crippen molar-refractivity contribution >= 4 is 22.6 Å². The van der Waals surface area contributed by atoms with Gasteiger partial charge in [-0.25, -0.2) is 9.97 Å². The third kappa shape index (κ3) is 2.23. The number of pyridine rings is 2. The van der Waals surface area contributed by atoms with Crippen LogP contribution in [-0.2, 0) is 0 Å². The lowest BCUT2D eigenvalue weighted by atomic mass is 10.1. The van der Waals surface area contributed by atoms with Gasteiger partial charge in [0.15, 0.2) is 11.4 Å². The van der Waals surface area contributed by atoms with E-state index in [9.17, 15) is 4.79 Å². The van der Waals surface area contributed by atoms with Crippen molar-refractivity contribution in [2.75, 3.05) is 5.73 Å². The SMILES string of the molecule is CC(=O)c1ccc(-c2ccc3ccc(N)nc3n2)cc1. The monoisotopic (exact) mass is 263 g/mol. The Bertz CT molecular complexity index is 794. The van der Waals surface area contributed by atoms with Crippen LogP contribution in [0.25, 0.3) is 22.3 Å². The summed E-state index contributed by atoms with van der Waals surface area (Å²) in [6.07, 6.45) is 0. The molecule has 3 rings (SSSR count). The van der Waals surface area contributed by atoms with Gasteiger partial charge in [-0.3, -0.25) is 4.79 Å². The number of nitrogens with zero attached hydrogens (tertiary/aromatic N) is 2. The standard InChI is InChI=1S/C16H13N3O/c1-10(20)11-2-4-12(5-3-11)14-8-6-13-7-9-15(17)19-16(13)18-14/h2-9H,1H3,(H2,17,18,19). The van der Waals surface area contributed by atoms with E-state index in [1.165, 1.54) is 0 Å². The molecule has 2 heterocycles. The number of fused-ring (bicyclic) bond motifs is 1. The van der Waals surface area contributed by atoms with Gasteiger partial charge in [0.05, 0.1) is 5.69 Å². The summed E-state index contributed by atoms with van der Waals surface area (Å²) in [5.74, 6) is 0.506. The van der Waals surface area contributed by atoms with Gasteiger partial charge in [-0.1, -0.05) is 24.3 Å². The minimum atomic E-state index is 0.0532. The molecule has 0 amide bonds. The molecule has 3 aromatic rings. The van der Waals surface area contributed by atoms with Crippen LogP contribution >= 0.6 is 0 Å². The van der Waals surface area contributed by atoms with Crippen LogP contribution in [0.4, 0.5) is 5.82 Å². The number of hydrogen-bond acceptors (Lipinski definition) is 4. The lowest BCUT2D eigenvalue weighted by Crippen LogP contribution is -1.94. The van der Waals surface area contributed by atoms with Crippen LogP contribution in [0.3, 0.4) is 0 Å². The molecule has 0 spiro atoms. The Balaban J connectivity index is 2.07. The van der Waals surface area contributed by atoms with Gasteiger partial charge in [0.2, 0.25) is 0 Å². The van der Waals surface area contributed by atoms with E-state index in [2.05, 4.69) is 9.97 Å². The Hall–Kier alpha value is -2.75. The molecule has 0 saturated carbocycles. The van der Waals surface area contributed by atoms with Crippen molar-refractivity contribution in [3.05, 3.63) is 54.1 Å². The molecule has 20 heavy (non-hydrogen) atoms. The normalized spacial score (nSPS) is 10.7. The number of rotatable bonds is 2. The van der Waals surface area contributed by atoms with Crippen molar-refractivity contribution in [3.63, 3.8) is 0 Å². The molecule has 2 aromatic heterocycles. The van der Waals surface area contributed by atoms with Gasteiger partial charge in [0, 0.05) is 16.5 Å². The molecule has 0 unspecified atom stereocenters. The first-order chi connectivity index (χ1) is 9.63. The number of nitrogens with two attached hydrogens (primary N) is 1. The fraction of sp³-hybridized carbons (Fsp3) is 0.0625. The van der Waals surface area contributed by atoms with Gasteiger partial charge in [-0.15, -0.1) is 0 Å². The summed E-state index contributed by atoms with van der Waals surface area (Å²) in [6.45, 7) is 1.55. The number of carbonyl (C=O) groups excluding carboxylic acids is 1. The highest BCUT2D eigenvalue weighted by atomic mass is 16.1. The second kappa shape index (κ2) is 4.74. The van der Waals surface area contributed by atoms with Crippen molar-refractivity contribution in [2.45, 2.75) is 6.92 Å². The Kier molecular flexibility index (Phi) is 2.91. The largest absolute Gasteiger partial charge is 0.384 e. The first kappa shape index (κ1) is 12.3. The maximum atomic E-state index is 11.3. The Labute approximate surface area is 116 Å². The number of carbonyl (C=O) groups is 1. The summed E-state index contributed by atoms with van der Waals surface area (Å²) in [4.78, 5) is 20.0. The maximum absolute atomic E-state index is 11.3. The van der Waals surface area contributed by atoms with Crippen LogP contribution in [0.5, 0.6) is 0 Å². The molecule has 98 valence electrons. The van der Waals surface area contributed by atoms with Crippen molar-refractivity contribution in [3.8, 4) is 11.3 Å². The minimum Gasteiger partial charge on any atom is -0.384 e. The van der Waals surface area contributed by atoms with Crippen molar-refractivity contribution in [1.82, 2.24) is 9.97 Å². The molecule has 0 radical (unpaired) electrons. The Morgan fingerprint density at radius 1 is 0.950 bits per heavy atom. The molecule has 4 heteroatoms. The van der Waals surface area contributed by atoms with E-state index in [1.807, 2.05) is 30.3 Å². The topological polar surface area (TPSA) is 68.9 Å². The highest BCUT2D eigenvalue weighted by Gasteiger charge is 2.04. The molecule has 0 aliphatic rings. The quantitative estimate of drug-likeness (QED) is 0.721. The Morgan fingerprint density at radius 3 is 2.35 bits per heavy atom. The van der Waals surface area contributed by atoms with Crippen molar-refractivity contribution in [2.24, 2.45) is 0 Å². The van der Waals surface area contributed by atoms with Crippen LogP contribution in [0, 0.1) is 0 Å². The lowest BCUT2D eigenvalue weighted by Gasteiger charge is -2.04. The van der Waals surface area contributed by atoms with Gasteiger partial charge in [-0.2, -0.15) is 0 Å². The highest BCUT2D eigenvalue weighted by molar-refractivity contribution is 5.94. The minimum absolute atomic E-state index is 0.0532. The number of aromatic nitrogens is 2. The molecule has 0 aliphatic carbocycles. The van der Waals surface area contributed by atoms with Crippen LogP contribution in [0.2, 0.25) is 0 Å². The first-order valence-electron chi connectivity index (χ1n) is 6.28. The molecule has 2 N–H and O–H groups in total. The smallest absolute Gasteiger partial charge is 0.162 e. The second-order valence-electron chi connectivity index (χ2n) is 4.61. The number of anilines is 1. The third-order valence-electron chi connectivity index (χ3n) is 3.16. The summed E-state index contributed by atoms with van der Waals surface area (Å²) in [5.41, 5.74) is 8.75. The number of nitrogen functional groups attached to an aromatic ring is 1. The highest BCUT2D eigenvalue weighted by Crippen LogP contribution is 2.21. The average Bonchev–Trinajstić information content (AvgIpc) is 2.46. The number of Topliss-reactive ketones (excluding diaryl/α,β-unsaturated/α-hetero) is 1. The van der Waals surface area contributed by atoms with Crippen LogP contribution in [-0.4, -0.2) is 15.8 Å². The lowest BCUT2D eigenvalue weighted by molar-refractivity contribution is 0.101. The van der Waals surface area contributed by atoms with Gasteiger partial charge in [0.1, 0.15) is 5.82 Å². The maximum Gasteiger partial charge on any atom is 0.162 e. The molecule has 4 nitrogen and oxygen atoms in total. The van der Waals surface area contributed by atoms with Crippen LogP contribution in [0.15, 0.2) is 48.5 Å². The molecule has 0 bridgehead atoms. The molecule has 0 aliphatic heterocycles. The van der Waals surface area contributed by atoms with Gasteiger partial charge >= 0.3 is 0 Å². The summed E-state index contributed by atoms with van der Waals surface area (Å²) in [6, 6.07) is 14.9. The molecule has 1 aromatic carbocycles. The zero-order valence-electron chi connectivity index (χ0n) is 11.0. The molecule has 0 fully saturated rings. The zero-order valence-corrected chi connectivity index (χ0v) is 11.0. The second-order valence-corrected chi connectivity index (χ2v) is 4.61. The third-order valence-corrected chi connectivity index (χ3v) is 3.16. The summed E-state index contributed by atoms with van der Waals surface area (Å²) in [7, 11) is 0. The van der Waals surface area contributed by atoms with Crippen LogP contribution < -0.4 is 5.73 Å². The van der Waals surface area contributed by atoms with Crippen molar-refractivity contribution < 1.29 is 4.79 Å². The fourth-order valence-corrected chi connectivity index (χ4v) is 2.05. The van der Waals surface area contributed by atoms with E-state index in [0.717, 1.165) is 16.6 Å². The van der Waals surface area contributed by atoms with E-state index in [1.54, 1.807) is 25.1 Å². The molecule has 0 saturated heterocycles. The van der Waals surface area contributed by atoms with Gasteiger partial charge in [-0.05, 0) is 31.2 Å². The van der Waals surface area contributed by atoms with Gasteiger partial charge < -0.3 is 5.73 Å². The van der Waals surface area contributed by atoms with E-state index >= 15 is 0 Å². The zero-order chi connectivity index (χ0) is 14.1. The van der Waals surface area contributed by atoms with Crippen LogP contribution in [0.1, 0.15) is 17.3 Å². The summed E-state index contributed by atoms with van der Waals surface area (Å²) in [5, 5.41) is 0.948. The summed E-state index contributed by atoms with van der Waals surface area (Å²) >= 11 is 0. The Morgan fingerprint density at radius 2 is 1.65 bits per heavy atom. The number of ketones is 1. The van der Waals surface area contributed by atoms with Crippen molar-refractivity contribution in [1.29, 1.82) is 0 Å². The van der Waals surface area contributed by atoms with Gasteiger partial charge in [0.25, 0.3) is 0 Å². The van der Waals surface area contributed by atoms with E-state index in [4.69, 9.17) is 5.73 Å². The number of benzene rings is 1. The summed E-state index contributed by atoms with van der Waals surface area (Å²) < 4.78 is 0. The average molecular weight is 263 g/mol. The molecule has 0 atom stereocenters. The van der Waals surface area contributed by atoms with E-state index < -0.39 is 0 Å². The fourth-order valence-electron chi connectivity index (χ4n) is 2.05. The number of hydrogen-bond donors (Lipinski definition) is 1. The predicted octanol–water partition coefficient (Wildman–Crippen LogP) is 3.08.